The quantitative estimate of drug-likeness (QED) is 0.294. The van der Waals surface area contributed by atoms with E-state index >= 15 is 0 Å². The van der Waals surface area contributed by atoms with Gasteiger partial charge in [-0.2, -0.15) is 0 Å². The number of ether oxygens (including phenoxy) is 4. The molecule has 4 aliphatic carbocycles. The van der Waals surface area contributed by atoms with E-state index in [2.05, 4.69) is 19.9 Å². The molecule has 3 aliphatic heterocycles. The lowest BCUT2D eigenvalue weighted by molar-refractivity contribution is -0.454. The second-order valence-electron chi connectivity index (χ2n) is 13.5. The largest absolute Gasteiger partial charge is 0.458 e. The van der Waals surface area contributed by atoms with Crippen molar-refractivity contribution in [3.8, 4) is 0 Å². The highest BCUT2D eigenvalue weighted by molar-refractivity contribution is 5.85. The van der Waals surface area contributed by atoms with Crippen LogP contribution in [0.5, 0.6) is 0 Å². The average molecular weight is 533 g/mol. The Morgan fingerprint density at radius 2 is 1.82 bits per heavy atom. The van der Waals surface area contributed by atoms with Gasteiger partial charge in [-0.25, -0.2) is 4.79 Å². The molecule has 3 saturated carbocycles. The molecule has 3 heterocycles. The van der Waals surface area contributed by atoms with Crippen LogP contribution < -0.4 is 0 Å². The molecule has 0 spiro atoms. The van der Waals surface area contributed by atoms with Crippen LogP contribution in [-0.2, 0) is 23.7 Å². The minimum absolute atomic E-state index is 0.105. The summed E-state index contributed by atoms with van der Waals surface area (Å²) in [5.74, 6) is -2.42. The molecule has 0 aromatic heterocycles. The van der Waals surface area contributed by atoms with Crippen molar-refractivity contribution in [3.05, 3.63) is 23.3 Å². The number of aliphatic hydroxyl groups excluding tert-OH is 2. The minimum Gasteiger partial charge on any atom is -0.458 e. The molecule has 0 amide bonds. The number of fused-ring (bicyclic) bond motifs is 7. The number of hydrogen-bond acceptors (Lipinski definition) is 9. The maximum atomic E-state index is 12.4. The molecule has 5 fully saturated rings. The van der Waals surface area contributed by atoms with Crippen molar-refractivity contribution in [3.63, 3.8) is 0 Å². The predicted molar refractivity (Wildman–Crippen MR) is 132 cm³/mol. The summed E-state index contributed by atoms with van der Waals surface area (Å²) < 4.78 is 23.5. The monoisotopic (exact) mass is 532 g/mol. The third-order valence-electron chi connectivity index (χ3n) is 11.8. The van der Waals surface area contributed by atoms with Gasteiger partial charge in [0, 0.05) is 17.9 Å². The Labute approximate surface area is 222 Å². The Morgan fingerprint density at radius 3 is 2.55 bits per heavy atom. The normalized spacial score (nSPS) is 57.4. The summed E-state index contributed by atoms with van der Waals surface area (Å²) in [5.41, 5.74) is -0.0363. The predicted octanol–water partition coefficient (Wildman–Crippen LogP) is 1.71. The van der Waals surface area contributed by atoms with E-state index in [-0.39, 0.29) is 54.4 Å². The zero-order chi connectivity index (χ0) is 26.8. The molecule has 4 N–H and O–H groups in total. The second kappa shape index (κ2) is 8.12. The molecular formula is C29H40O9. The summed E-state index contributed by atoms with van der Waals surface area (Å²) in [6.45, 7) is 6.37. The number of allylic oxidation sites excluding steroid dienone is 1. The Bertz CT molecular complexity index is 1100. The van der Waals surface area contributed by atoms with Gasteiger partial charge >= 0.3 is 5.97 Å². The van der Waals surface area contributed by atoms with E-state index in [1.807, 2.05) is 6.92 Å². The summed E-state index contributed by atoms with van der Waals surface area (Å²) in [6, 6.07) is 0. The fourth-order valence-electron chi connectivity index (χ4n) is 9.75. The number of cyclic esters (lactones) is 1. The molecule has 9 heteroatoms. The van der Waals surface area contributed by atoms with Gasteiger partial charge in [-0.3, -0.25) is 0 Å². The van der Waals surface area contributed by atoms with Crippen LogP contribution in [0.15, 0.2) is 23.3 Å². The number of aliphatic hydroxyl groups is 4. The highest BCUT2D eigenvalue weighted by Gasteiger charge is 2.71. The van der Waals surface area contributed by atoms with Crippen molar-refractivity contribution in [1.82, 2.24) is 0 Å². The molecule has 9 nitrogen and oxygen atoms in total. The first-order valence-corrected chi connectivity index (χ1v) is 14.3. The van der Waals surface area contributed by atoms with Crippen molar-refractivity contribution < 1.29 is 44.2 Å². The van der Waals surface area contributed by atoms with Crippen molar-refractivity contribution in [2.24, 2.45) is 28.6 Å². The fourth-order valence-corrected chi connectivity index (χ4v) is 9.75. The first kappa shape index (κ1) is 25.6. The molecule has 210 valence electrons. The van der Waals surface area contributed by atoms with Crippen LogP contribution in [0.2, 0.25) is 0 Å². The summed E-state index contributed by atoms with van der Waals surface area (Å²) in [4.78, 5) is 11.8. The van der Waals surface area contributed by atoms with Crippen molar-refractivity contribution in [2.45, 2.75) is 114 Å². The minimum atomic E-state index is -1.91. The van der Waals surface area contributed by atoms with Gasteiger partial charge in [0.05, 0.1) is 30.0 Å². The summed E-state index contributed by atoms with van der Waals surface area (Å²) in [7, 11) is 0. The van der Waals surface area contributed by atoms with E-state index < -0.39 is 41.4 Å². The van der Waals surface area contributed by atoms with Crippen molar-refractivity contribution in [2.75, 3.05) is 6.61 Å². The molecule has 7 rings (SSSR count). The molecular weight excluding hydrogens is 492 g/mol. The first-order chi connectivity index (χ1) is 17.9. The van der Waals surface area contributed by atoms with Crippen LogP contribution in [-0.4, -0.2) is 81.2 Å². The SMILES string of the molecule is C[C@@H]1C[C@@H](O)[C@]2(O)O[C@@H]3C[C@@]4(C)C(=CC[C@@H]5[C@@H]4CC[C@]4(C)[C@@H](C6=CC(=O)OC6)C[C@@H](O)[C@]54O)C[C@H]3O[C@@H]2O1. The Balaban J connectivity index is 1.20. The maximum absolute atomic E-state index is 12.4. The summed E-state index contributed by atoms with van der Waals surface area (Å²) >= 11 is 0. The number of carbonyl (C=O) groups is 1. The Morgan fingerprint density at radius 1 is 1.03 bits per heavy atom. The van der Waals surface area contributed by atoms with Crippen LogP contribution in [0.1, 0.15) is 65.7 Å². The van der Waals surface area contributed by atoms with Crippen LogP contribution in [0, 0.1) is 28.6 Å². The number of hydrogen-bond donors (Lipinski definition) is 4. The van der Waals surface area contributed by atoms with Crippen LogP contribution in [0.25, 0.3) is 0 Å². The smallest absolute Gasteiger partial charge is 0.331 e. The maximum Gasteiger partial charge on any atom is 0.331 e. The third kappa shape index (κ3) is 3.15. The van der Waals surface area contributed by atoms with Gasteiger partial charge in [0.25, 0.3) is 0 Å². The topological polar surface area (TPSA) is 135 Å². The van der Waals surface area contributed by atoms with Crippen LogP contribution in [0.3, 0.4) is 0 Å². The first-order valence-electron chi connectivity index (χ1n) is 14.3. The zero-order valence-electron chi connectivity index (χ0n) is 22.3. The molecule has 0 radical (unpaired) electrons. The summed E-state index contributed by atoms with van der Waals surface area (Å²) in [5, 5.41) is 45.8. The van der Waals surface area contributed by atoms with Gasteiger partial charge in [0.2, 0.25) is 12.1 Å². The number of carbonyl (C=O) groups excluding carboxylic acids is 1. The molecule has 0 aromatic carbocycles. The van der Waals surface area contributed by atoms with E-state index in [1.165, 1.54) is 5.57 Å². The van der Waals surface area contributed by atoms with E-state index in [4.69, 9.17) is 18.9 Å². The zero-order valence-corrected chi connectivity index (χ0v) is 22.3. The van der Waals surface area contributed by atoms with Gasteiger partial charge in [0.1, 0.15) is 12.7 Å². The van der Waals surface area contributed by atoms with E-state index in [0.717, 1.165) is 18.4 Å². The molecule has 38 heavy (non-hydrogen) atoms. The van der Waals surface area contributed by atoms with E-state index in [9.17, 15) is 25.2 Å². The van der Waals surface area contributed by atoms with Crippen molar-refractivity contribution >= 4 is 5.97 Å². The van der Waals surface area contributed by atoms with Gasteiger partial charge < -0.3 is 39.4 Å². The highest BCUT2D eigenvalue weighted by Crippen LogP contribution is 2.69. The Kier molecular flexibility index (Phi) is 5.48. The third-order valence-corrected chi connectivity index (χ3v) is 11.8. The second-order valence-corrected chi connectivity index (χ2v) is 13.5. The molecule has 7 aliphatic rings. The standard InChI is InChI=1S/C29H40O9/c1-14-8-23(31)29(34)25(36-14)37-20-10-16-4-5-18-17(26(16,2)12-21(20)38-29)6-7-27(3)19(11-22(30)28(18,27)33)15-9-24(32)35-13-15/h4,9,14,17-23,25,30-31,33-34H,5-8,10-13H2,1-3H3/t14-,17+,18-,19-,20-,21-,22-,23-,25+,26+,27-,28-,29+/m1/s1. The number of esters is 1. The lowest BCUT2D eigenvalue weighted by atomic mass is 9.45. The van der Waals surface area contributed by atoms with Gasteiger partial charge in [0.15, 0.2) is 0 Å². The lowest BCUT2D eigenvalue weighted by Gasteiger charge is -2.63. The van der Waals surface area contributed by atoms with E-state index in [0.29, 0.717) is 25.7 Å². The fraction of sp³-hybridized carbons (Fsp3) is 0.828. The van der Waals surface area contributed by atoms with Crippen molar-refractivity contribution in [1.29, 1.82) is 0 Å². The van der Waals surface area contributed by atoms with Gasteiger partial charge in [-0.05, 0) is 74.2 Å². The number of rotatable bonds is 1. The lowest BCUT2D eigenvalue weighted by Crippen LogP contribution is -2.70. The molecule has 0 aromatic rings. The molecule has 0 unspecified atom stereocenters. The van der Waals surface area contributed by atoms with E-state index in [1.54, 1.807) is 6.08 Å². The molecule has 13 atom stereocenters. The molecule has 0 bridgehead atoms. The summed E-state index contributed by atoms with van der Waals surface area (Å²) in [6.07, 6.45) is 3.92. The van der Waals surface area contributed by atoms with Crippen LogP contribution in [0.4, 0.5) is 0 Å². The van der Waals surface area contributed by atoms with Crippen LogP contribution >= 0.6 is 0 Å². The highest BCUT2D eigenvalue weighted by atomic mass is 16.8. The van der Waals surface area contributed by atoms with Gasteiger partial charge in [-0.1, -0.05) is 25.5 Å². The van der Waals surface area contributed by atoms with Gasteiger partial charge in [-0.15, -0.1) is 0 Å². The average Bonchev–Trinajstić information content (AvgIpc) is 3.36. The Hall–Kier alpha value is -1.33. The molecule has 2 saturated heterocycles.